The first-order valence-corrected chi connectivity index (χ1v) is 12.1. The summed E-state index contributed by atoms with van der Waals surface area (Å²) in [6.45, 7) is 5.28. The lowest BCUT2D eigenvalue weighted by atomic mass is 10.0. The average molecular weight is 450 g/mol. The fourth-order valence-corrected chi connectivity index (χ4v) is 4.43. The predicted octanol–water partition coefficient (Wildman–Crippen LogP) is 4.27. The molecule has 0 radical (unpaired) electrons. The minimum Gasteiger partial charge on any atom is -0.480 e. The minimum atomic E-state index is -0.536. The third kappa shape index (κ3) is 6.14. The van der Waals surface area contributed by atoms with Crippen LogP contribution < -0.4 is 10.1 Å². The number of amides is 2. The van der Waals surface area contributed by atoms with E-state index in [2.05, 4.69) is 29.3 Å². The Morgan fingerprint density at radius 3 is 2.52 bits per heavy atom. The number of rotatable bonds is 7. The fraction of sp³-hybridized carbons (Fsp3) is 0.481. The first-order valence-electron chi connectivity index (χ1n) is 12.1. The second-order valence-electron chi connectivity index (χ2n) is 9.46. The number of hydrogen-bond acceptors (Lipinski definition) is 4. The molecule has 1 N–H and O–H groups in total. The van der Waals surface area contributed by atoms with Gasteiger partial charge < -0.3 is 19.9 Å². The molecule has 3 aliphatic rings. The highest BCUT2D eigenvalue weighted by molar-refractivity contribution is 5.83. The Hall–Kier alpha value is -2.86. The molecule has 1 saturated heterocycles. The smallest absolute Gasteiger partial charge is 0.264 e. The normalized spacial score (nSPS) is 20.1. The molecule has 2 aromatic carbocycles. The lowest BCUT2D eigenvalue weighted by Gasteiger charge is -2.33. The van der Waals surface area contributed by atoms with Crippen LogP contribution in [0.4, 0.5) is 5.69 Å². The molecule has 0 spiro atoms. The molecule has 2 unspecified atom stereocenters. The molecule has 2 heterocycles. The number of nitrogens with zero attached hydrogens (tertiary/aromatic N) is 2. The quantitative estimate of drug-likeness (QED) is 0.642. The number of anilines is 1. The first kappa shape index (κ1) is 23.3. The lowest BCUT2D eigenvalue weighted by Crippen LogP contribution is -2.44. The maximum atomic E-state index is 13.3. The number of likely N-dealkylation sites (tertiary alicyclic amines) is 1. The third-order valence-corrected chi connectivity index (χ3v) is 6.73. The number of likely N-dealkylation sites (N-methyl/N-ethyl adjacent to an activating group) is 1. The Kier molecular flexibility index (Phi) is 7.65. The number of carbonyl (C=O) groups excluding carboxylic acids is 2. The Labute approximate surface area is 196 Å². The Bertz CT molecular complexity index is 939. The van der Waals surface area contributed by atoms with Gasteiger partial charge in [0.2, 0.25) is 6.41 Å². The number of hydrogen-bond donors (Lipinski definition) is 1. The maximum absolute atomic E-state index is 13.3. The Morgan fingerprint density at radius 1 is 1.18 bits per heavy atom. The molecule has 0 bridgehead atoms. The lowest BCUT2D eigenvalue weighted by molar-refractivity contribution is -0.139. The summed E-state index contributed by atoms with van der Waals surface area (Å²) in [6.07, 6.45) is 6.04. The topological polar surface area (TPSA) is 61.9 Å². The van der Waals surface area contributed by atoms with Crippen molar-refractivity contribution in [2.45, 2.75) is 51.2 Å². The molecule has 1 saturated carbocycles. The maximum Gasteiger partial charge on any atom is 0.264 e. The van der Waals surface area contributed by atoms with E-state index >= 15 is 0 Å². The number of nitrogens with one attached hydrogen (secondary N) is 1. The SMILES string of the molecule is CC1CC1.CN(C(=O)C1Cc2cc(NC=O)ccc2O1)C(CN1CCCC1)c1ccccc1. The summed E-state index contributed by atoms with van der Waals surface area (Å²) in [5.41, 5.74) is 2.79. The van der Waals surface area contributed by atoms with Gasteiger partial charge in [-0.15, -0.1) is 0 Å². The summed E-state index contributed by atoms with van der Waals surface area (Å²) in [7, 11) is 1.88. The largest absolute Gasteiger partial charge is 0.480 e. The van der Waals surface area contributed by atoms with Gasteiger partial charge in [-0.25, -0.2) is 0 Å². The monoisotopic (exact) mass is 449 g/mol. The van der Waals surface area contributed by atoms with Gasteiger partial charge >= 0.3 is 0 Å². The Morgan fingerprint density at radius 2 is 1.88 bits per heavy atom. The molecule has 5 rings (SSSR count). The van der Waals surface area contributed by atoms with Crippen molar-refractivity contribution in [1.82, 2.24) is 9.80 Å². The van der Waals surface area contributed by atoms with Gasteiger partial charge in [0.05, 0.1) is 6.04 Å². The van der Waals surface area contributed by atoms with Crippen molar-refractivity contribution < 1.29 is 14.3 Å². The van der Waals surface area contributed by atoms with Gasteiger partial charge in [0, 0.05) is 31.3 Å². The third-order valence-electron chi connectivity index (χ3n) is 6.73. The van der Waals surface area contributed by atoms with Gasteiger partial charge in [0.25, 0.3) is 5.91 Å². The van der Waals surface area contributed by atoms with Crippen LogP contribution in [0.3, 0.4) is 0 Å². The number of ether oxygens (including phenoxy) is 1. The van der Waals surface area contributed by atoms with Gasteiger partial charge in [0.15, 0.2) is 6.10 Å². The van der Waals surface area contributed by atoms with Crippen molar-refractivity contribution in [3.63, 3.8) is 0 Å². The highest BCUT2D eigenvalue weighted by Gasteiger charge is 2.35. The number of benzene rings is 2. The molecule has 2 amide bonds. The molecule has 33 heavy (non-hydrogen) atoms. The van der Waals surface area contributed by atoms with Gasteiger partial charge in [0.1, 0.15) is 5.75 Å². The highest BCUT2D eigenvalue weighted by atomic mass is 16.5. The summed E-state index contributed by atoms with van der Waals surface area (Å²) in [6, 6.07) is 15.7. The van der Waals surface area contributed by atoms with Crippen LogP contribution in [0.5, 0.6) is 5.75 Å². The van der Waals surface area contributed by atoms with E-state index in [1.54, 1.807) is 6.07 Å². The van der Waals surface area contributed by atoms with E-state index in [1.807, 2.05) is 42.3 Å². The molecule has 6 heteroatoms. The molecule has 2 aromatic rings. The minimum absolute atomic E-state index is 0.0126. The van der Waals surface area contributed by atoms with E-state index in [0.717, 1.165) is 36.7 Å². The molecule has 0 aromatic heterocycles. The zero-order valence-electron chi connectivity index (χ0n) is 19.7. The molecule has 2 fully saturated rings. The molecular formula is C27H35N3O3. The summed E-state index contributed by atoms with van der Waals surface area (Å²) in [5.74, 6) is 1.78. The molecule has 6 nitrogen and oxygen atoms in total. The van der Waals surface area contributed by atoms with Gasteiger partial charge in [-0.05, 0) is 55.6 Å². The van der Waals surface area contributed by atoms with Gasteiger partial charge in [-0.3, -0.25) is 9.59 Å². The summed E-state index contributed by atoms with van der Waals surface area (Å²) in [5, 5.41) is 2.65. The summed E-state index contributed by atoms with van der Waals surface area (Å²) < 4.78 is 5.96. The van der Waals surface area contributed by atoms with Gasteiger partial charge in [-0.2, -0.15) is 0 Å². The van der Waals surface area contributed by atoms with E-state index in [9.17, 15) is 9.59 Å². The van der Waals surface area contributed by atoms with Crippen LogP contribution in [0, 0.1) is 5.92 Å². The molecule has 2 atom stereocenters. The van der Waals surface area contributed by atoms with Crippen LogP contribution in [0.15, 0.2) is 48.5 Å². The van der Waals surface area contributed by atoms with E-state index in [1.165, 1.54) is 25.7 Å². The predicted molar refractivity (Wildman–Crippen MR) is 130 cm³/mol. The molecule has 2 aliphatic heterocycles. The van der Waals surface area contributed by atoms with Crippen LogP contribution in [-0.2, 0) is 16.0 Å². The van der Waals surface area contributed by atoms with E-state index in [4.69, 9.17) is 4.74 Å². The molecular weight excluding hydrogens is 414 g/mol. The number of fused-ring (bicyclic) bond motifs is 1. The van der Waals surface area contributed by atoms with Crippen molar-refractivity contribution in [3.8, 4) is 5.75 Å². The molecule has 1 aliphatic carbocycles. The van der Waals surface area contributed by atoms with E-state index in [0.29, 0.717) is 24.3 Å². The van der Waals surface area contributed by atoms with Crippen molar-refractivity contribution in [3.05, 3.63) is 59.7 Å². The number of carbonyl (C=O) groups is 2. The summed E-state index contributed by atoms with van der Waals surface area (Å²) in [4.78, 5) is 28.3. The summed E-state index contributed by atoms with van der Waals surface area (Å²) >= 11 is 0. The highest BCUT2D eigenvalue weighted by Crippen LogP contribution is 2.33. The second kappa shape index (κ2) is 10.8. The second-order valence-corrected chi connectivity index (χ2v) is 9.46. The zero-order chi connectivity index (χ0) is 23.2. The average Bonchev–Trinajstić information content (AvgIpc) is 3.28. The van der Waals surface area contributed by atoms with Crippen LogP contribution in [0.25, 0.3) is 0 Å². The standard InChI is InChI=1S/C23H27N3O3.C4H8/c1-25(20(15-26-11-5-6-12-26)17-7-3-2-4-8-17)23(28)22-14-18-13-19(24-16-27)9-10-21(18)29-22;1-4-2-3-4/h2-4,7-10,13,16,20,22H,5-6,11-12,14-15H2,1H3,(H,24,27);4H,2-3H2,1H3. The van der Waals surface area contributed by atoms with Crippen molar-refractivity contribution in [1.29, 1.82) is 0 Å². The zero-order valence-corrected chi connectivity index (χ0v) is 19.7. The van der Waals surface area contributed by atoms with Gasteiger partial charge in [-0.1, -0.05) is 50.1 Å². The molecule has 176 valence electrons. The van der Waals surface area contributed by atoms with Crippen LogP contribution in [0.1, 0.15) is 49.8 Å². The van der Waals surface area contributed by atoms with Crippen molar-refractivity contribution in [2.75, 3.05) is 32.0 Å². The van der Waals surface area contributed by atoms with E-state index < -0.39 is 6.10 Å². The van der Waals surface area contributed by atoms with Crippen LogP contribution in [-0.4, -0.2) is 54.9 Å². The van der Waals surface area contributed by atoms with E-state index in [-0.39, 0.29) is 11.9 Å². The van der Waals surface area contributed by atoms with Crippen molar-refractivity contribution in [2.24, 2.45) is 5.92 Å². The first-order chi connectivity index (χ1) is 16.0. The Balaban J connectivity index is 0.000000586. The van der Waals surface area contributed by atoms with Crippen LogP contribution >= 0.6 is 0 Å². The fourth-order valence-electron chi connectivity index (χ4n) is 4.43. The van der Waals surface area contributed by atoms with Crippen molar-refractivity contribution >= 4 is 18.0 Å². The van der Waals surface area contributed by atoms with Crippen LogP contribution in [0.2, 0.25) is 0 Å².